The van der Waals surface area contributed by atoms with Crippen molar-refractivity contribution < 1.29 is 57.7 Å². The second-order valence-electron chi connectivity index (χ2n) is 9.97. The van der Waals surface area contributed by atoms with E-state index >= 15 is 0 Å². The minimum Gasteiger partial charge on any atom is -1.00 e. The Morgan fingerprint density at radius 1 is 0.514 bits per heavy atom. The second kappa shape index (κ2) is 11.8. The molecule has 1 unspecified atom stereocenters. The molecule has 0 aromatic heterocycles. The number of hydrogen-bond acceptors (Lipinski definition) is 0. The van der Waals surface area contributed by atoms with Gasteiger partial charge in [0.15, 0.2) is 0 Å². The Bertz CT molecular complexity index is 1090. The normalized spacial score (nSPS) is 16.7. The van der Waals surface area contributed by atoms with Gasteiger partial charge in [0.2, 0.25) is 0 Å². The van der Waals surface area contributed by atoms with Gasteiger partial charge in [0, 0.05) is 0 Å². The van der Waals surface area contributed by atoms with Gasteiger partial charge < -0.3 is 37.2 Å². The maximum absolute atomic E-state index is 2.47. The Hall–Kier alpha value is -1.28. The SMILES string of the molecule is CC1=C[C]([Ti+3])(C(c2cc(C)cc(C)c2)(c2cc(C)cc(C)c2)c2cc(C)cc(C)c2)C=C1.[Cl-].[Cl-].[Cl-]. The van der Waals surface area contributed by atoms with Crippen molar-refractivity contribution in [3.8, 4) is 0 Å². The molecular weight excluding hydrogens is 527 g/mol. The zero-order valence-corrected chi connectivity index (χ0v) is 25.4. The molecular formula is C31H33Cl3Ti. The summed E-state index contributed by atoms with van der Waals surface area (Å²) in [6.45, 7) is 15.5. The van der Waals surface area contributed by atoms with Gasteiger partial charge in [0.05, 0.1) is 0 Å². The molecule has 182 valence electrons. The van der Waals surface area contributed by atoms with Crippen molar-refractivity contribution in [3.05, 3.63) is 128 Å². The van der Waals surface area contributed by atoms with Gasteiger partial charge in [-0.2, -0.15) is 0 Å². The van der Waals surface area contributed by atoms with Gasteiger partial charge in [-0.3, -0.25) is 0 Å². The van der Waals surface area contributed by atoms with Crippen molar-refractivity contribution in [1.29, 1.82) is 0 Å². The van der Waals surface area contributed by atoms with E-state index in [0.29, 0.717) is 0 Å². The third kappa shape index (κ3) is 5.84. The number of rotatable bonds is 4. The van der Waals surface area contributed by atoms with Crippen LogP contribution in [0.1, 0.15) is 57.0 Å². The van der Waals surface area contributed by atoms with Crippen molar-refractivity contribution in [2.45, 2.75) is 57.6 Å². The second-order valence-corrected chi connectivity index (χ2v) is 11.3. The number of allylic oxidation sites excluding steroid dienone is 4. The summed E-state index contributed by atoms with van der Waals surface area (Å²) in [7, 11) is 0. The smallest absolute Gasteiger partial charge is 1.00 e. The predicted molar refractivity (Wildman–Crippen MR) is 133 cm³/mol. The molecule has 0 fully saturated rings. The molecule has 0 nitrogen and oxygen atoms in total. The third-order valence-corrected chi connectivity index (χ3v) is 7.72. The average Bonchev–Trinajstić information content (AvgIpc) is 2.99. The van der Waals surface area contributed by atoms with Crippen LogP contribution in [0.15, 0.2) is 78.4 Å². The van der Waals surface area contributed by atoms with Crippen molar-refractivity contribution >= 4 is 0 Å². The molecule has 1 atom stereocenters. The first-order valence-corrected chi connectivity index (χ1v) is 12.2. The molecule has 0 aliphatic heterocycles. The van der Waals surface area contributed by atoms with Crippen LogP contribution >= 0.6 is 0 Å². The van der Waals surface area contributed by atoms with Gasteiger partial charge in [-0.25, -0.2) is 0 Å². The first-order chi connectivity index (χ1) is 15.0. The summed E-state index contributed by atoms with van der Waals surface area (Å²) in [5.74, 6) is 0. The van der Waals surface area contributed by atoms with Crippen molar-refractivity contribution in [1.82, 2.24) is 0 Å². The number of aryl methyl sites for hydroxylation is 6. The summed E-state index contributed by atoms with van der Waals surface area (Å²) >= 11 is 2.41. The Labute approximate surface area is 242 Å². The molecule has 1 aliphatic rings. The molecule has 0 saturated carbocycles. The van der Waals surface area contributed by atoms with E-state index in [0.717, 1.165) is 0 Å². The minimum atomic E-state index is -0.342. The topological polar surface area (TPSA) is 0 Å². The molecule has 0 N–H and O–H groups in total. The molecule has 0 amide bonds. The predicted octanol–water partition coefficient (Wildman–Crippen LogP) is -0.895. The molecule has 35 heavy (non-hydrogen) atoms. The molecule has 1 aliphatic carbocycles. The molecule has 0 saturated heterocycles. The maximum atomic E-state index is 2.47. The fourth-order valence-corrected chi connectivity index (χ4v) is 6.90. The molecule has 0 bridgehead atoms. The molecule has 4 heteroatoms. The summed E-state index contributed by atoms with van der Waals surface area (Å²) in [6, 6.07) is 21.3. The van der Waals surface area contributed by atoms with Crippen LogP contribution in [0.25, 0.3) is 0 Å². The molecule has 4 rings (SSSR count). The van der Waals surface area contributed by atoms with Crippen LogP contribution in [0.4, 0.5) is 0 Å². The van der Waals surface area contributed by atoms with E-state index in [1.807, 2.05) is 0 Å². The van der Waals surface area contributed by atoms with Crippen LogP contribution in [0.3, 0.4) is 0 Å². The van der Waals surface area contributed by atoms with E-state index < -0.39 is 0 Å². The van der Waals surface area contributed by atoms with Crippen molar-refractivity contribution in [2.24, 2.45) is 0 Å². The first kappa shape index (κ1) is 31.8. The fraction of sp³-hybridized carbons (Fsp3) is 0.290. The Morgan fingerprint density at radius 2 is 0.800 bits per heavy atom. The quantitative estimate of drug-likeness (QED) is 0.288. The molecule has 0 radical (unpaired) electrons. The Morgan fingerprint density at radius 3 is 1.03 bits per heavy atom. The summed E-state index contributed by atoms with van der Waals surface area (Å²) in [5.41, 5.74) is 12.9. The van der Waals surface area contributed by atoms with Gasteiger partial charge in [-0.15, -0.1) is 0 Å². The van der Waals surface area contributed by atoms with Crippen LogP contribution in [0.5, 0.6) is 0 Å². The van der Waals surface area contributed by atoms with Gasteiger partial charge in [0.25, 0.3) is 0 Å². The van der Waals surface area contributed by atoms with Gasteiger partial charge in [-0.1, -0.05) is 0 Å². The summed E-state index contributed by atoms with van der Waals surface area (Å²) in [4.78, 5) is 0. The average molecular weight is 560 g/mol. The zero-order valence-electron chi connectivity index (χ0n) is 21.6. The standard InChI is InChI=1S/C31H33.3ClH.Ti/c1-20-8-9-27(13-20)31(28-14-21(2)10-22(3)15-28,29-16-23(4)11-24(5)17-29)30-18-25(6)12-26(7)19-30;;;;/h8-19H,1-7H3;3*1H;/q;;;;+3/p-3. The Balaban J connectivity index is 0.00000204. The van der Waals surface area contributed by atoms with Crippen LogP contribution in [0.2, 0.25) is 3.72 Å². The maximum Gasteiger partial charge on any atom is -1.00 e. The van der Waals surface area contributed by atoms with Crippen LogP contribution in [-0.2, 0) is 25.9 Å². The van der Waals surface area contributed by atoms with E-state index in [2.05, 4.69) is 142 Å². The molecule has 3 aromatic carbocycles. The minimum absolute atomic E-state index is 0. The van der Waals surface area contributed by atoms with Crippen LogP contribution in [0, 0.1) is 41.5 Å². The summed E-state index contributed by atoms with van der Waals surface area (Å²) < 4.78 is -0.197. The summed E-state index contributed by atoms with van der Waals surface area (Å²) in [5, 5.41) is 0. The monoisotopic (exact) mass is 558 g/mol. The third-order valence-electron chi connectivity index (χ3n) is 6.65. The van der Waals surface area contributed by atoms with Gasteiger partial charge in [-0.05, 0) is 0 Å². The van der Waals surface area contributed by atoms with E-state index in [4.69, 9.17) is 0 Å². The van der Waals surface area contributed by atoms with Gasteiger partial charge >= 0.3 is 207 Å². The van der Waals surface area contributed by atoms with Gasteiger partial charge in [0.1, 0.15) is 0 Å². The number of hydrogen-bond donors (Lipinski definition) is 0. The molecule has 0 heterocycles. The van der Waals surface area contributed by atoms with Crippen LogP contribution in [-0.4, -0.2) is 0 Å². The zero-order chi connectivity index (χ0) is 23.3. The fourth-order valence-electron chi connectivity index (χ4n) is 5.74. The van der Waals surface area contributed by atoms with Crippen LogP contribution < -0.4 is 37.2 Å². The summed E-state index contributed by atoms with van der Waals surface area (Å²) in [6.07, 6.45) is 7.19. The largest absolute Gasteiger partial charge is 1.00 e. The first-order valence-electron chi connectivity index (χ1n) is 11.4. The number of halogens is 3. The molecule has 0 spiro atoms. The van der Waals surface area contributed by atoms with E-state index in [-0.39, 0.29) is 46.4 Å². The molecule has 3 aromatic rings. The number of benzene rings is 3. The Kier molecular flexibility index (Phi) is 10.7. The van der Waals surface area contributed by atoms with E-state index in [1.165, 1.54) is 55.6 Å². The van der Waals surface area contributed by atoms with Crippen molar-refractivity contribution in [2.75, 3.05) is 0 Å². The van der Waals surface area contributed by atoms with Crippen molar-refractivity contribution in [3.63, 3.8) is 0 Å². The van der Waals surface area contributed by atoms with E-state index in [1.54, 1.807) is 0 Å². The van der Waals surface area contributed by atoms with E-state index in [9.17, 15) is 0 Å².